The first-order chi connectivity index (χ1) is 9.93. The lowest BCUT2D eigenvalue weighted by Crippen LogP contribution is -2.37. The van der Waals surface area contributed by atoms with E-state index in [2.05, 4.69) is 4.98 Å². The largest absolute Gasteiger partial charge is 0.388 e. The highest BCUT2D eigenvalue weighted by Crippen LogP contribution is 2.30. The number of aliphatic hydroxyl groups is 2. The zero-order chi connectivity index (χ0) is 15.6. The maximum atomic E-state index is 11.7. The predicted octanol–water partition coefficient (Wildman–Crippen LogP) is -1.08. The molecule has 116 valence electrons. The van der Waals surface area contributed by atoms with Gasteiger partial charge in [-0.2, -0.15) is 0 Å². The molecule has 0 amide bonds. The van der Waals surface area contributed by atoms with E-state index in [-0.39, 0.29) is 18.6 Å². The highest BCUT2D eigenvalue weighted by Gasteiger charge is 2.43. The molecule has 0 bridgehead atoms. The van der Waals surface area contributed by atoms with Crippen LogP contribution in [-0.2, 0) is 9.53 Å². The van der Waals surface area contributed by atoms with E-state index in [1.165, 1.54) is 6.20 Å². The molecule has 8 nitrogen and oxygen atoms in total. The minimum absolute atomic E-state index is 0.0324. The average Bonchev–Trinajstić information content (AvgIpc) is 2.73. The molecule has 1 saturated heterocycles. The second-order valence-corrected chi connectivity index (χ2v) is 4.99. The van der Waals surface area contributed by atoms with Crippen LogP contribution < -0.4 is 11.2 Å². The molecule has 1 aromatic heterocycles. The summed E-state index contributed by atoms with van der Waals surface area (Å²) in [5.41, 5.74) is -1.29. The second-order valence-electron chi connectivity index (χ2n) is 4.99. The van der Waals surface area contributed by atoms with E-state index in [0.717, 1.165) is 10.6 Å². The number of rotatable bonds is 5. The van der Waals surface area contributed by atoms with Crippen LogP contribution in [-0.4, -0.2) is 43.9 Å². The van der Waals surface area contributed by atoms with Crippen LogP contribution in [0.15, 0.2) is 21.9 Å². The van der Waals surface area contributed by atoms with Gasteiger partial charge in [-0.05, 0) is 6.42 Å². The number of nitrogens with one attached hydrogen (secondary N) is 1. The Balaban J connectivity index is 2.14. The van der Waals surface area contributed by atoms with Gasteiger partial charge >= 0.3 is 5.69 Å². The van der Waals surface area contributed by atoms with E-state index in [1.54, 1.807) is 6.92 Å². The molecule has 0 aromatic carbocycles. The molecule has 1 unspecified atom stereocenters. The van der Waals surface area contributed by atoms with Gasteiger partial charge in [0.05, 0.1) is 6.10 Å². The fourth-order valence-electron chi connectivity index (χ4n) is 2.31. The van der Waals surface area contributed by atoms with Gasteiger partial charge in [0.2, 0.25) is 0 Å². The topological polar surface area (TPSA) is 122 Å². The van der Waals surface area contributed by atoms with Crippen molar-refractivity contribution in [1.82, 2.24) is 9.55 Å². The van der Waals surface area contributed by atoms with Gasteiger partial charge in [0.15, 0.2) is 6.23 Å². The van der Waals surface area contributed by atoms with Crippen molar-refractivity contribution in [2.45, 2.75) is 50.7 Å². The van der Waals surface area contributed by atoms with Gasteiger partial charge in [0.1, 0.15) is 18.0 Å². The number of ether oxygens (including phenoxy) is 1. The lowest BCUT2D eigenvalue weighted by Gasteiger charge is -2.16. The first kappa shape index (κ1) is 15.6. The molecule has 3 N–H and O–H groups in total. The van der Waals surface area contributed by atoms with Gasteiger partial charge in [-0.15, -0.1) is 0 Å². The molecule has 1 aliphatic rings. The highest BCUT2D eigenvalue weighted by molar-refractivity contribution is 5.77. The lowest BCUT2D eigenvalue weighted by molar-refractivity contribution is -0.120. The standard InChI is InChI=1S/C13H18N2O6/c1-2-7(16)3-4-8-10(18)11(19)12(21-8)15-6-5-9(17)14-13(15)20/h5-6,8,10-12,18-19H,2-4H2,1H3,(H,14,17,20)/t8-,10?,11+,12-/m1/s1. The van der Waals surface area contributed by atoms with Gasteiger partial charge in [0, 0.05) is 25.1 Å². The number of hydrogen-bond acceptors (Lipinski definition) is 6. The molecule has 8 heteroatoms. The summed E-state index contributed by atoms with van der Waals surface area (Å²) in [7, 11) is 0. The number of hydrogen-bond donors (Lipinski definition) is 3. The van der Waals surface area contributed by atoms with Crippen LogP contribution >= 0.6 is 0 Å². The maximum absolute atomic E-state index is 11.7. The summed E-state index contributed by atoms with van der Waals surface area (Å²) in [5, 5.41) is 19.9. The van der Waals surface area contributed by atoms with Crippen molar-refractivity contribution < 1.29 is 19.7 Å². The van der Waals surface area contributed by atoms with Gasteiger partial charge < -0.3 is 14.9 Å². The summed E-state index contributed by atoms with van der Waals surface area (Å²) in [6, 6.07) is 1.12. The van der Waals surface area contributed by atoms with Crippen molar-refractivity contribution >= 4 is 5.78 Å². The first-order valence-electron chi connectivity index (χ1n) is 6.78. The van der Waals surface area contributed by atoms with E-state index >= 15 is 0 Å². The Morgan fingerprint density at radius 1 is 1.38 bits per heavy atom. The van der Waals surface area contributed by atoms with Crippen LogP contribution in [0.4, 0.5) is 0 Å². The zero-order valence-electron chi connectivity index (χ0n) is 11.6. The molecule has 1 aliphatic heterocycles. The van der Waals surface area contributed by atoms with Crippen molar-refractivity contribution in [3.05, 3.63) is 33.1 Å². The van der Waals surface area contributed by atoms with E-state index < -0.39 is 35.8 Å². The van der Waals surface area contributed by atoms with Crippen LogP contribution in [0.25, 0.3) is 0 Å². The quantitative estimate of drug-likeness (QED) is 0.635. The normalized spacial score (nSPS) is 28.7. The Morgan fingerprint density at radius 3 is 2.71 bits per heavy atom. The third kappa shape index (κ3) is 3.29. The Hall–Kier alpha value is -1.77. The van der Waals surface area contributed by atoms with Crippen LogP contribution in [0, 0.1) is 0 Å². The molecule has 0 aliphatic carbocycles. The van der Waals surface area contributed by atoms with Gasteiger partial charge in [-0.3, -0.25) is 19.1 Å². The molecule has 2 rings (SSSR count). The molecular formula is C13H18N2O6. The van der Waals surface area contributed by atoms with Crippen molar-refractivity contribution in [2.24, 2.45) is 0 Å². The Bertz CT molecular complexity index is 622. The summed E-state index contributed by atoms with van der Waals surface area (Å²) in [5.74, 6) is 0.0324. The molecule has 4 atom stereocenters. The van der Waals surface area contributed by atoms with Crippen molar-refractivity contribution in [3.63, 3.8) is 0 Å². The molecule has 1 fully saturated rings. The van der Waals surface area contributed by atoms with Crippen LogP contribution in [0.5, 0.6) is 0 Å². The molecule has 0 saturated carbocycles. The van der Waals surface area contributed by atoms with Gasteiger partial charge in [-0.25, -0.2) is 4.79 Å². The monoisotopic (exact) mass is 298 g/mol. The van der Waals surface area contributed by atoms with Crippen molar-refractivity contribution in [2.75, 3.05) is 0 Å². The first-order valence-corrected chi connectivity index (χ1v) is 6.78. The van der Waals surface area contributed by atoms with Crippen LogP contribution in [0.2, 0.25) is 0 Å². The van der Waals surface area contributed by atoms with E-state index in [9.17, 15) is 24.6 Å². The molecule has 0 radical (unpaired) electrons. The van der Waals surface area contributed by atoms with E-state index in [4.69, 9.17) is 4.74 Å². The number of Topliss-reactive ketones (excluding diaryl/α,β-unsaturated/α-hetero) is 1. The number of ketones is 1. The third-order valence-corrected chi connectivity index (χ3v) is 3.56. The molecule has 0 spiro atoms. The predicted molar refractivity (Wildman–Crippen MR) is 71.8 cm³/mol. The second kappa shape index (κ2) is 6.33. The third-order valence-electron chi connectivity index (χ3n) is 3.56. The number of aliphatic hydroxyl groups excluding tert-OH is 2. The average molecular weight is 298 g/mol. The van der Waals surface area contributed by atoms with Crippen LogP contribution in [0.3, 0.4) is 0 Å². The highest BCUT2D eigenvalue weighted by atomic mass is 16.6. The van der Waals surface area contributed by atoms with E-state index in [0.29, 0.717) is 6.42 Å². The van der Waals surface area contributed by atoms with E-state index in [1.807, 2.05) is 0 Å². The minimum atomic E-state index is -1.31. The fraction of sp³-hybridized carbons (Fsp3) is 0.615. The zero-order valence-corrected chi connectivity index (χ0v) is 11.6. The van der Waals surface area contributed by atoms with Crippen molar-refractivity contribution in [3.8, 4) is 0 Å². The number of aromatic nitrogens is 2. The number of aromatic amines is 1. The number of nitrogens with zero attached hydrogens (tertiary/aromatic N) is 1. The van der Waals surface area contributed by atoms with Crippen molar-refractivity contribution in [1.29, 1.82) is 0 Å². The number of carbonyl (C=O) groups excluding carboxylic acids is 1. The fourth-order valence-corrected chi connectivity index (χ4v) is 2.31. The smallest absolute Gasteiger partial charge is 0.330 e. The number of carbonyl (C=O) groups is 1. The minimum Gasteiger partial charge on any atom is -0.388 e. The SMILES string of the molecule is CCC(=O)CC[C@H]1O[C@@H](n2ccc(=O)[nH]c2=O)[C@@H](O)C1O. The van der Waals surface area contributed by atoms with Gasteiger partial charge in [0.25, 0.3) is 5.56 Å². The molecule has 2 heterocycles. The molecular weight excluding hydrogens is 280 g/mol. The molecule has 1 aromatic rings. The molecule has 21 heavy (non-hydrogen) atoms. The lowest BCUT2D eigenvalue weighted by atomic mass is 10.0. The summed E-state index contributed by atoms with van der Waals surface area (Å²) in [6.45, 7) is 1.74. The summed E-state index contributed by atoms with van der Waals surface area (Å²) in [4.78, 5) is 36.1. The maximum Gasteiger partial charge on any atom is 0.330 e. The summed E-state index contributed by atoms with van der Waals surface area (Å²) >= 11 is 0. The summed E-state index contributed by atoms with van der Waals surface area (Å²) < 4.78 is 6.49. The Labute approximate surface area is 120 Å². The number of H-pyrrole nitrogens is 1. The Kier molecular flexibility index (Phi) is 4.71. The van der Waals surface area contributed by atoms with Gasteiger partial charge in [-0.1, -0.05) is 6.92 Å². The van der Waals surface area contributed by atoms with Crippen LogP contribution in [0.1, 0.15) is 32.4 Å². The Morgan fingerprint density at radius 2 is 2.10 bits per heavy atom. The summed E-state index contributed by atoms with van der Waals surface area (Å²) in [6.07, 6.45) is -2.24.